The Morgan fingerprint density at radius 1 is 1.16 bits per heavy atom. The van der Waals surface area contributed by atoms with Crippen LogP contribution in [-0.2, 0) is 6.61 Å². The van der Waals surface area contributed by atoms with E-state index in [1.54, 1.807) is 24.3 Å². The molecule has 3 N–H and O–H groups in total. The fraction of sp³-hybridized carbons (Fsp3) is 0.143. The molecule has 0 saturated carbocycles. The first kappa shape index (κ1) is 13.3. The molecule has 100 valence electrons. The summed E-state index contributed by atoms with van der Waals surface area (Å²) in [5, 5.41) is 9.02. The number of aliphatic hydroxyl groups excluding tert-OH is 1. The number of halogens is 2. The number of hydrogen-bond donors (Lipinski definition) is 2. The average molecular weight is 265 g/mol. The van der Waals surface area contributed by atoms with E-state index in [9.17, 15) is 8.78 Å². The van der Waals surface area contributed by atoms with Crippen molar-refractivity contribution >= 4 is 5.69 Å². The second-order valence-corrected chi connectivity index (χ2v) is 4.01. The maximum Gasteiger partial charge on any atom is 0.267 e. The van der Waals surface area contributed by atoms with Crippen molar-refractivity contribution in [3.8, 4) is 11.5 Å². The number of rotatable bonds is 4. The standard InChI is InChI=1S/C14H13F2NO2/c15-14(16)12-7-10(17)4-5-13(12)19-11-3-1-2-9(6-11)8-18/h1-7,14,18H,8,17H2. The zero-order valence-corrected chi connectivity index (χ0v) is 10.0. The number of benzene rings is 2. The maximum absolute atomic E-state index is 12.9. The molecule has 0 spiro atoms. The van der Waals surface area contributed by atoms with Gasteiger partial charge in [-0.2, -0.15) is 0 Å². The smallest absolute Gasteiger partial charge is 0.267 e. The maximum atomic E-state index is 12.9. The Balaban J connectivity index is 2.32. The summed E-state index contributed by atoms with van der Waals surface area (Å²) in [7, 11) is 0. The molecule has 5 heteroatoms. The molecule has 19 heavy (non-hydrogen) atoms. The Morgan fingerprint density at radius 2 is 1.95 bits per heavy atom. The lowest BCUT2D eigenvalue weighted by Crippen LogP contribution is -1.95. The largest absolute Gasteiger partial charge is 0.457 e. The van der Waals surface area contributed by atoms with Gasteiger partial charge in [0.15, 0.2) is 0 Å². The summed E-state index contributed by atoms with van der Waals surface area (Å²) in [6.07, 6.45) is -2.67. The van der Waals surface area contributed by atoms with Gasteiger partial charge < -0.3 is 15.6 Å². The van der Waals surface area contributed by atoms with Crippen LogP contribution >= 0.6 is 0 Å². The monoisotopic (exact) mass is 265 g/mol. The molecule has 0 heterocycles. The van der Waals surface area contributed by atoms with Gasteiger partial charge in [0.25, 0.3) is 6.43 Å². The van der Waals surface area contributed by atoms with Gasteiger partial charge in [-0.25, -0.2) is 8.78 Å². The van der Waals surface area contributed by atoms with Crippen molar-refractivity contribution in [1.82, 2.24) is 0 Å². The molecule has 0 amide bonds. The number of alkyl halides is 2. The summed E-state index contributed by atoms with van der Waals surface area (Å²) in [5.41, 5.74) is 6.13. The first-order valence-electron chi connectivity index (χ1n) is 5.65. The summed E-state index contributed by atoms with van der Waals surface area (Å²) in [6.45, 7) is -0.138. The second kappa shape index (κ2) is 5.67. The van der Waals surface area contributed by atoms with E-state index in [2.05, 4.69) is 0 Å². The zero-order chi connectivity index (χ0) is 13.8. The van der Waals surface area contributed by atoms with Crippen LogP contribution in [0.15, 0.2) is 42.5 Å². The van der Waals surface area contributed by atoms with Crippen LogP contribution in [0, 0.1) is 0 Å². The van der Waals surface area contributed by atoms with E-state index in [1.165, 1.54) is 18.2 Å². The van der Waals surface area contributed by atoms with Crippen molar-refractivity contribution in [2.24, 2.45) is 0 Å². The van der Waals surface area contributed by atoms with E-state index in [-0.39, 0.29) is 23.6 Å². The van der Waals surface area contributed by atoms with E-state index in [1.807, 2.05) is 0 Å². The minimum absolute atomic E-state index is 0.0549. The van der Waals surface area contributed by atoms with Gasteiger partial charge in [-0.15, -0.1) is 0 Å². The Bertz CT molecular complexity index is 573. The third-order valence-corrected chi connectivity index (χ3v) is 2.58. The second-order valence-electron chi connectivity index (χ2n) is 4.01. The predicted octanol–water partition coefficient (Wildman–Crippen LogP) is 3.49. The van der Waals surface area contributed by atoms with Crippen LogP contribution in [0.1, 0.15) is 17.6 Å². The lowest BCUT2D eigenvalue weighted by Gasteiger charge is -2.12. The van der Waals surface area contributed by atoms with Gasteiger partial charge in [0.2, 0.25) is 0 Å². The lowest BCUT2D eigenvalue weighted by atomic mass is 10.2. The molecular formula is C14H13F2NO2. The van der Waals surface area contributed by atoms with Crippen molar-refractivity contribution in [2.45, 2.75) is 13.0 Å². The fourth-order valence-electron chi connectivity index (χ4n) is 1.66. The Labute approximate surface area is 109 Å². The molecule has 0 unspecified atom stereocenters. The highest BCUT2D eigenvalue weighted by Crippen LogP contribution is 2.34. The van der Waals surface area contributed by atoms with Gasteiger partial charge in [0.1, 0.15) is 11.5 Å². The van der Waals surface area contributed by atoms with E-state index >= 15 is 0 Å². The molecule has 0 saturated heterocycles. The summed E-state index contributed by atoms with van der Waals surface area (Å²) >= 11 is 0. The SMILES string of the molecule is Nc1ccc(Oc2cccc(CO)c2)c(C(F)F)c1. The van der Waals surface area contributed by atoms with E-state index in [4.69, 9.17) is 15.6 Å². The number of aliphatic hydroxyl groups is 1. The van der Waals surface area contributed by atoms with Crippen LogP contribution in [0.5, 0.6) is 11.5 Å². The summed E-state index contributed by atoms with van der Waals surface area (Å²) in [5.74, 6) is 0.442. The molecule has 0 aromatic heterocycles. The molecule has 0 radical (unpaired) electrons. The summed E-state index contributed by atoms with van der Waals surface area (Å²) < 4.78 is 31.2. The highest BCUT2D eigenvalue weighted by molar-refractivity contribution is 5.49. The highest BCUT2D eigenvalue weighted by atomic mass is 19.3. The van der Waals surface area contributed by atoms with Crippen molar-refractivity contribution < 1.29 is 18.6 Å². The van der Waals surface area contributed by atoms with Crippen LogP contribution in [0.4, 0.5) is 14.5 Å². The van der Waals surface area contributed by atoms with Gasteiger partial charge in [-0.3, -0.25) is 0 Å². The van der Waals surface area contributed by atoms with Gasteiger partial charge >= 0.3 is 0 Å². The Kier molecular flexibility index (Phi) is 3.97. The first-order valence-corrected chi connectivity index (χ1v) is 5.65. The molecule has 0 aliphatic rings. The topological polar surface area (TPSA) is 55.5 Å². The van der Waals surface area contributed by atoms with Crippen LogP contribution in [0.2, 0.25) is 0 Å². The summed E-state index contributed by atoms with van der Waals surface area (Å²) in [6, 6.07) is 10.7. The number of hydrogen-bond acceptors (Lipinski definition) is 3. The quantitative estimate of drug-likeness (QED) is 0.832. The molecule has 2 aromatic carbocycles. The lowest BCUT2D eigenvalue weighted by molar-refractivity contribution is 0.148. The Hall–Kier alpha value is -2.14. The normalized spacial score (nSPS) is 10.7. The first-order chi connectivity index (χ1) is 9.10. The van der Waals surface area contributed by atoms with Gasteiger partial charge in [0.05, 0.1) is 12.2 Å². The van der Waals surface area contributed by atoms with Crippen LogP contribution in [0.25, 0.3) is 0 Å². The van der Waals surface area contributed by atoms with Crippen LogP contribution in [-0.4, -0.2) is 5.11 Å². The summed E-state index contributed by atoms with van der Waals surface area (Å²) in [4.78, 5) is 0. The molecule has 0 aliphatic carbocycles. The molecule has 0 atom stereocenters. The molecule has 2 aromatic rings. The van der Waals surface area contributed by atoms with Crippen molar-refractivity contribution in [1.29, 1.82) is 0 Å². The minimum Gasteiger partial charge on any atom is -0.457 e. The molecule has 2 rings (SSSR count). The number of ether oxygens (including phenoxy) is 1. The van der Waals surface area contributed by atoms with Gasteiger partial charge in [-0.05, 0) is 35.9 Å². The molecule has 0 bridgehead atoms. The van der Waals surface area contributed by atoms with E-state index < -0.39 is 6.43 Å². The molecule has 0 fully saturated rings. The van der Waals surface area contributed by atoms with Gasteiger partial charge in [0, 0.05) is 5.69 Å². The fourth-order valence-corrected chi connectivity index (χ4v) is 1.66. The van der Waals surface area contributed by atoms with Crippen LogP contribution in [0.3, 0.4) is 0 Å². The minimum atomic E-state index is -2.67. The zero-order valence-electron chi connectivity index (χ0n) is 10.0. The van der Waals surface area contributed by atoms with Crippen molar-refractivity contribution in [3.05, 3.63) is 53.6 Å². The third kappa shape index (κ3) is 3.20. The number of nitrogen functional groups attached to an aromatic ring is 1. The van der Waals surface area contributed by atoms with Crippen LogP contribution < -0.4 is 10.5 Å². The average Bonchev–Trinajstić information content (AvgIpc) is 2.41. The van der Waals surface area contributed by atoms with E-state index in [0.29, 0.717) is 11.3 Å². The molecular weight excluding hydrogens is 252 g/mol. The van der Waals surface area contributed by atoms with Gasteiger partial charge in [-0.1, -0.05) is 12.1 Å². The number of anilines is 1. The molecule has 0 aliphatic heterocycles. The third-order valence-electron chi connectivity index (χ3n) is 2.58. The predicted molar refractivity (Wildman–Crippen MR) is 68.3 cm³/mol. The van der Waals surface area contributed by atoms with Crippen molar-refractivity contribution in [3.63, 3.8) is 0 Å². The molecule has 3 nitrogen and oxygen atoms in total. The Morgan fingerprint density at radius 3 is 2.63 bits per heavy atom. The highest BCUT2D eigenvalue weighted by Gasteiger charge is 2.15. The van der Waals surface area contributed by atoms with E-state index in [0.717, 1.165) is 0 Å². The van der Waals surface area contributed by atoms with Crippen molar-refractivity contribution in [2.75, 3.05) is 5.73 Å². The number of nitrogens with two attached hydrogens (primary N) is 1.